The Morgan fingerprint density at radius 3 is 2.52 bits per heavy atom. The number of anilines is 1. The van der Waals surface area contributed by atoms with Crippen molar-refractivity contribution in [1.82, 2.24) is 4.90 Å². The summed E-state index contributed by atoms with van der Waals surface area (Å²) < 4.78 is 5.19. The van der Waals surface area contributed by atoms with E-state index >= 15 is 0 Å². The van der Waals surface area contributed by atoms with Crippen LogP contribution in [-0.4, -0.2) is 41.9 Å². The Morgan fingerprint density at radius 2 is 1.90 bits per heavy atom. The van der Waals surface area contributed by atoms with Crippen LogP contribution in [0.25, 0.3) is 0 Å². The average molecular weight is 415 g/mol. The highest BCUT2D eigenvalue weighted by atomic mass is 32.1. The molecule has 0 radical (unpaired) electrons. The molecule has 1 aromatic carbocycles. The summed E-state index contributed by atoms with van der Waals surface area (Å²) in [6.07, 6.45) is 1.29. The number of amides is 2. The monoisotopic (exact) mass is 414 g/mol. The zero-order valence-electron chi connectivity index (χ0n) is 16.9. The van der Waals surface area contributed by atoms with Crippen LogP contribution in [0.2, 0.25) is 0 Å². The highest BCUT2D eigenvalue weighted by molar-refractivity contribution is 7.12. The quantitative estimate of drug-likeness (QED) is 0.755. The Morgan fingerprint density at radius 1 is 1.17 bits per heavy atom. The molecule has 0 saturated carbocycles. The number of hydrogen-bond acceptors (Lipinski definition) is 5. The Balaban J connectivity index is 1.52. The fourth-order valence-corrected chi connectivity index (χ4v) is 3.96. The van der Waals surface area contributed by atoms with Crippen molar-refractivity contribution in [3.8, 4) is 0 Å². The Labute approximate surface area is 174 Å². The van der Waals surface area contributed by atoms with Gasteiger partial charge in [-0.05, 0) is 47.4 Å². The van der Waals surface area contributed by atoms with Crippen molar-refractivity contribution < 1.29 is 19.1 Å². The molecule has 1 fully saturated rings. The SMILES string of the molecule is CC(C)(C)c1ccc(NC(=O)COC(=O)C2CCCN2C(=O)c2cccs2)cc1. The maximum absolute atomic E-state index is 12.5. The molecule has 1 unspecified atom stereocenters. The molecule has 1 aliphatic heterocycles. The number of nitrogens with one attached hydrogen (secondary N) is 1. The number of nitrogens with zero attached hydrogens (tertiary/aromatic N) is 1. The van der Waals surface area contributed by atoms with Crippen LogP contribution in [0.1, 0.15) is 48.8 Å². The molecule has 2 aromatic rings. The molecule has 3 rings (SSSR count). The van der Waals surface area contributed by atoms with Crippen molar-refractivity contribution >= 4 is 34.8 Å². The molecule has 2 amide bonds. The number of benzene rings is 1. The van der Waals surface area contributed by atoms with Gasteiger partial charge in [-0.1, -0.05) is 39.0 Å². The van der Waals surface area contributed by atoms with E-state index in [2.05, 4.69) is 26.1 Å². The van der Waals surface area contributed by atoms with Crippen LogP contribution in [0.4, 0.5) is 5.69 Å². The lowest BCUT2D eigenvalue weighted by atomic mass is 9.87. The molecule has 0 spiro atoms. The third-order valence-corrected chi connectivity index (χ3v) is 5.76. The first-order valence-corrected chi connectivity index (χ1v) is 10.5. The number of ether oxygens (including phenoxy) is 1. The van der Waals surface area contributed by atoms with Crippen molar-refractivity contribution in [2.75, 3.05) is 18.5 Å². The minimum absolute atomic E-state index is 0.0335. The molecule has 1 N–H and O–H groups in total. The van der Waals surface area contributed by atoms with E-state index in [0.29, 0.717) is 23.5 Å². The summed E-state index contributed by atoms with van der Waals surface area (Å²) >= 11 is 1.35. The summed E-state index contributed by atoms with van der Waals surface area (Å²) in [7, 11) is 0. The molecule has 1 atom stereocenters. The summed E-state index contributed by atoms with van der Waals surface area (Å²) in [6, 6.07) is 10.5. The van der Waals surface area contributed by atoms with Gasteiger partial charge in [-0.3, -0.25) is 9.59 Å². The number of carbonyl (C=O) groups excluding carboxylic acids is 3. The summed E-state index contributed by atoms with van der Waals surface area (Å²) in [4.78, 5) is 39.3. The first kappa shape index (κ1) is 21.0. The molecule has 1 saturated heterocycles. The predicted octanol–water partition coefficient (Wildman–Crippen LogP) is 3.83. The van der Waals surface area contributed by atoms with Crippen LogP contribution in [0.3, 0.4) is 0 Å². The van der Waals surface area contributed by atoms with Gasteiger partial charge in [0.05, 0.1) is 4.88 Å². The van der Waals surface area contributed by atoms with Crippen LogP contribution in [0.15, 0.2) is 41.8 Å². The van der Waals surface area contributed by atoms with E-state index in [-0.39, 0.29) is 17.9 Å². The van der Waals surface area contributed by atoms with Crippen LogP contribution in [-0.2, 0) is 19.7 Å². The van der Waals surface area contributed by atoms with Gasteiger partial charge in [0.2, 0.25) is 0 Å². The molecule has 7 heteroatoms. The fraction of sp³-hybridized carbons (Fsp3) is 0.409. The van der Waals surface area contributed by atoms with E-state index in [1.54, 1.807) is 12.1 Å². The van der Waals surface area contributed by atoms with E-state index in [9.17, 15) is 14.4 Å². The maximum atomic E-state index is 12.5. The lowest BCUT2D eigenvalue weighted by Gasteiger charge is -2.22. The van der Waals surface area contributed by atoms with Gasteiger partial charge in [0.25, 0.3) is 11.8 Å². The van der Waals surface area contributed by atoms with Crippen molar-refractivity contribution in [2.45, 2.75) is 45.1 Å². The van der Waals surface area contributed by atoms with Crippen molar-refractivity contribution in [1.29, 1.82) is 0 Å². The minimum atomic E-state index is -0.636. The van der Waals surface area contributed by atoms with E-state index in [4.69, 9.17) is 4.74 Å². The van der Waals surface area contributed by atoms with Gasteiger partial charge in [0.15, 0.2) is 6.61 Å². The molecule has 2 heterocycles. The number of likely N-dealkylation sites (tertiary alicyclic amines) is 1. The standard InChI is InChI=1S/C22H26N2O4S/c1-22(2,3)15-8-10-16(11-9-15)23-19(25)14-28-21(27)17-6-4-12-24(17)20(26)18-7-5-13-29-18/h5,7-11,13,17H,4,6,12,14H2,1-3H3,(H,23,25). The largest absolute Gasteiger partial charge is 0.454 e. The Hall–Kier alpha value is -2.67. The highest BCUT2D eigenvalue weighted by Crippen LogP contribution is 2.24. The zero-order valence-corrected chi connectivity index (χ0v) is 17.8. The van der Waals surface area contributed by atoms with Gasteiger partial charge in [-0.2, -0.15) is 0 Å². The second-order valence-corrected chi connectivity index (χ2v) is 9.06. The second kappa shape index (κ2) is 8.78. The van der Waals surface area contributed by atoms with Gasteiger partial charge in [0.1, 0.15) is 6.04 Å². The topological polar surface area (TPSA) is 75.7 Å². The zero-order chi connectivity index (χ0) is 21.0. The number of carbonyl (C=O) groups is 3. The summed E-state index contributed by atoms with van der Waals surface area (Å²) in [6.45, 7) is 6.50. The summed E-state index contributed by atoms with van der Waals surface area (Å²) in [5, 5.41) is 4.56. The lowest BCUT2D eigenvalue weighted by molar-refractivity contribution is -0.151. The first-order chi connectivity index (χ1) is 13.8. The number of esters is 1. The Bertz CT molecular complexity index is 869. The third kappa shape index (κ3) is 5.23. The maximum Gasteiger partial charge on any atom is 0.329 e. The van der Waals surface area contributed by atoms with Crippen LogP contribution >= 0.6 is 11.3 Å². The van der Waals surface area contributed by atoms with Gasteiger partial charge in [-0.25, -0.2) is 4.79 Å². The number of thiophene rings is 1. The molecule has 29 heavy (non-hydrogen) atoms. The van der Waals surface area contributed by atoms with Crippen molar-refractivity contribution in [3.63, 3.8) is 0 Å². The molecule has 6 nitrogen and oxygen atoms in total. The molecule has 0 aliphatic carbocycles. The first-order valence-electron chi connectivity index (χ1n) is 9.67. The smallest absolute Gasteiger partial charge is 0.329 e. The molecule has 1 aromatic heterocycles. The Kier molecular flexibility index (Phi) is 6.37. The van der Waals surface area contributed by atoms with Crippen molar-refractivity contribution in [2.24, 2.45) is 0 Å². The van der Waals surface area contributed by atoms with Crippen LogP contribution < -0.4 is 5.32 Å². The molecule has 1 aliphatic rings. The average Bonchev–Trinajstić information content (AvgIpc) is 3.37. The minimum Gasteiger partial charge on any atom is -0.454 e. The number of rotatable bonds is 5. The summed E-state index contributed by atoms with van der Waals surface area (Å²) in [5.41, 5.74) is 1.85. The van der Waals surface area contributed by atoms with E-state index < -0.39 is 17.9 Å². The lowest BCUT2D eigenvalue weighted by Crippen LogP contribution is -2.41. The fourth-order valence-electron chi connectivity index (χ4n) is 3.28. The number of hydrogen-bond donors (Lipinski definition) is 1. The molecule has 154 valence electrons. The van der Waals surface area contributed by atoms with Gasteiger partial charge < -0.3 is 15.0 Å². The van der Waals surface area contributed by atoms with E-state index in [1.807, 2.05) is 29.6 Å². The highest BCUT2D eigenvalue weighted by Gasteiger charge is 2.36. The van der Waals surface area contributed by atoms with Gasteiger partial charge in [-0.15, -0.1) is 11.3 Å². The third-order valence-electron chi connectivity index (χ3n) is 4.90. The predicted molar refractivity (Wildman–Crippen MR) is 113 cm³/mol. The normalized spacial score (nSPS) is 16.5. The van der Waals surface area contributed by atoms with Gasteiger partial charge in [0, 0.05) is 12.2 Å². The second-order valence-electron chi connectivity index (χ2n) is 8.12. The molecule has 0 bridgehead atoms. The molecular weight excluding hydrogens is 388 g/mol. The van der Waals surface area contributed by atoms with Crippen molar-refractivity contribution in [3.05, 3.63) is 52.2 Å². The van der Waals surface area contributed by atoms with Gasteiger partial charge >= 0.3 is 5.97 Å². The van der Waals surface area contributed by atoms with Crippen LogP contribution in [0.5, 0.6) is 0 Å². The summed E-state index contributed by atoms with van der Waals surface area (Å²) in [5.74, 6) is -1.11. The molecular formula is C22H26N2O4S. The van der Waals surface area contributed by atoms with E-state index in [0.717, 1.165) is 6.42 Å². The van der Waals surface area contributed by atoms with E-state index in [1.165, 1.54) is 21.8 Å². The van der Waals surface area contributed by atoms with Crippen LogP contribution in [0, 0.1) is 0 Å².